The third-order valence-corrected chi connectivity index (χ3v) is 5.59. The molecular weight excluding hydrogens is 466 g/mol. The van der Waals surface area contributed by atoms with E-state index in [9.17, 15) is 10.1 Å². The van der Waals surface area contributed by atoms with E-state index in [0.29, 0.717) is 57.0 Å². The van der Waals surface area contributed by atoms with Crippen molar-refractivity contribution in [1.29, 1.82) is 5.26 Å². The van der Waals surface area contributed by atoms with Crippen molar-refractivity contribution in [1.82, 2.24) is 14.6 Å². The van der Waals surface area contributed by atoms with Crippen molar-refractivity contribution in [3.63, 3.8) is 0 Å². The average molecular weight is 492 g/mol. The Labute approximate surface area is 207 Å². The number of amides is 1. The number of benzene rings is 2. The van der Waals surface area contributed by atoms with Gasteiger partial charge in [0.2, 0.25) is 11.7 Å². The van der Waals surface area contributed by atoms with E-state index in [0.717, 1.165) is 5.56 Å². The maximum atomic E-state index is 13.1. The molecule has 0 aliphatic carbocycles. The first-order valence-corrected chi connectivity index (χ1v) is 10.8. The number of nitrogens with one attached hydrogen (secondary N) is 2. The maximum absolute atomic E-state index is 13.1. The van der Waals surface area contributed by atoms with Gasteiger partial charge in [0, 0.05) is 11.8 Å². The summed E-state index contributed by atoms with van der Waals surface area (Å²) in [7, 11) is 7.62. The number of anilines is 1. The fraction of sp³-hybridized carbons (Fsp3) is 0.240. The summed E-state index contributed by atoms with van der Waals surface area (Å²) in [6.45, 7) is 0. The highest BCUT2D eigenvalue weighted by molar-refractivity contribution is 5.96. The van der Waals surface area contributed by atoms with Crippen LogP contribution in [0, 0.1) is 11.3 Å². The molecule has 0 saturated heterocycles. The maximum Gasteiger partial charge on any atom is 0.230 e. The second-order valence-electron chi connectivity index (χ2n) is 7.60. The minimum Gasteiger partial charge on any atom is -0.493 e. The molecule has 1 amide bonds. The fourth-order valence-corrected chi connectivity index (χ4v) is 3.89. The number of hydrogen-bond acceptors (Lipinski definition) is 8. The third kappa shape index (κ3) is 4.32. The fourth-order valence-electron chi connectivity index (χ4n) is 3.89. The first kappa shape index (κ1) is 24.3. The van der Waals surface area contributed by atoms with Crippen molar-refractivity contribution in [2.75, 3.05) is 40.9 Å². The van der Waals surface area contributed by atoms with E-state index in [1.54, 1.807) is 42.0 Å². The molecule has 0 bridgehead atoms. The molecular formula is C25H25N5O6. The molecule has 11 nitrogen and oxygen atoms in total. The van der Waals surface area contributed by atoms with Crippen molar-refractivity contribution in [2.45, 2.75) is 6.42 Å². The number of H-pyrrole nitrogens is 1. The lowest BCUT2D eigenvalue weighted by Crippen LogP contribution is -2.16. The zero-order valence-electron chi connectivity index (χ0n) is 20.5. The molecule has 0 fully saturated rings. The normalized spacial score (nSPS) is 10.6. The SMILES string of the molecule is COc1ccc(CC(=O)Nc2c(-c3cc(OC)c(OC)c(OC)c3)nc3c(C#N)c[nH]n23)cc1OC. The monoisotopic (exact) mass is 491 g/mol. The Kier molecular flexibility index (Phi) is 6.87. The van der Waals surface area contributed by atoms with Crippen LogP contribution in [0.25, 0.3) is 16.9 Å². The summed E-state index contributed by atoms with van der Waals surface area (Å²) < 4.78 is 28.5. The molecule has 2 aromatic heterocycles. The van der Waals surface area contributed by atoms with Gasteiger partial charge in [-0.3, -0.25) is 9.89 Å². The number of methoxy groups -OCH3 is 5. The standard InChI is InChI=1S/C25H25N5O6/c1-32-17-7-6-14(8-18(17)33-2)9-21(31)28-25-22(29-24-16(12-26)13-27-30(24)25)15-10-19(34-3)23(36-5)20(11-15)35-4/h6-8,10-11,13,27H,9H2,1-5H3,(H,28,31). The number of carbonyl (C=O) groups is 1. The lowest BCUT2D eigenvalue weighted by molar-refractivity contribution is -0.115. The summed E-state index contributed by atoms with van der Waals surface area (Å²) in [4.78, 5) is 17.7. The van der Waals surface area contributed by atoms with Crippen LogP contribution in [0.1, 0.15) is 11.1 Å². The van der Waals surface area contributed by atoms with Gasteiger partial charge < -0.3 is 29.0 Å². The number of hydrogen-bond donors (Lipinski definition) is 2. The Morgan fingerprint density at radius 3 is 2.22 bits per heavy atom. The molecule has 0 saturated carbocycles. The van der Waals surface area contributed by atoms with E-state index < -0.39 is 0 Å². The van der Waals surface area contributed by atoms with Crippen molar-refractivity contribution >= 4 is 17.4 Å². The van der Waals surface area contributed by atoms with Crippen molar-refractivity contribution in [3.05, 3.63) is 47.7 Å². The Morgan fingerprint density at radius 1 is 0.972 bits per heavy atom. The smallest absolute Gasteiger partial charge is 0.230 e. The van der Waals surface area contributed by atoms with Gasteiger partial charge in [-0.2, -0.15) is 5.26 Å². The highest BCUT2D eigenvalue weighted by Crippen LogP contribution is 2.42. The Bertz CT molecular complexity index is 1440. The minimum atomic E-state index is -0.300. The molecule has 2 aromatic carbocycles. The largest absolute Gasteiger partial charge is 0.493 e. The van der Waals surface area contributed by atoms with Crippen molar-refractivity contribution in [2.24, 2.45) is 0 Å². The number of nitriles is 1. The number of aromatic nitrogens is 3. The molecule has 2 heterocycles. The molecule has 0 unspecified atom stereocenters. The van der Waals surface area contributed by atoms with E-state index in [-0.39, 0.29) is 12.3 Å². The number of nitrogens with zero attached hydrogens (tertiary/aromatic N) is 3. The van der Waals surface area contributed by atoms with Gasteiger partial charge in [0.05, 0.1) is 42.0 Å². The van der Waals surface area contributed by atoms with E-state index in [1.165, 1.54) is 34.6 Å². The minimum absolute atomic E-state index is 0.0636. The molecule has 0 aliphatic heterocycles. The Hall–Kier alpha value is -4.85. The molecule has 4 aromatic rings. The number of imidazole rings is 1. The van der Waals surface area contributed by atoms with Crippen LogP contribution in [0.4, 0.5) is 5.82 Å². The van der Waals surface area contributed by atoms with Gasteiger partial charge in [0.1, 0.15) is 17.3 Å². The third-order valence-electron chi connectivity index (χ3n) is 5.59. The summed E-state index contributed by atoms with van der Waals surface area (Å²) in [5.74, 6) is 2.41. The topological polar surface area (TPSA) is 132 Å². The second kappa shape index (κ2) is 10.2. The summed E-state index contributed by atoms with van der Waals surface area (Å²) in [5, 5.41) is 15.4. The van der Waals surface area contributed by atoms with Crippen LogP contribution in [-0.2, 0) is 11.2 Å². The number of aromatic amines is 1. The van der Waals surface area contributed by atoms with E-state index in [1.807, 2.05) is 0 Å². The first-order valence-electron chi connectivity index (χ1n) is 10.8. The van der Waals surface area contributed by atoms with Crippen LogP contribution in [0.15, 0.2) is 36.5 Å². The Morgan fingerprint density at radius 2 is 1.64 bits per heavy atom. The van der Waals surface area contributed by atoms with Gasteiger partial charge in [0.25, 0.3) is 0 Å². The first-order chi connectivity index (χ1) is 17.5. The van der Waals surface area contributed by atoms with Gasteiger partial charge in [-0.1, -0.05) is 6.07 Å². The van der Waals surface area contributed by atoms with Crippen LogP contribution in [0.5, 0.6) is 28.7 Å². The second-order valence-corrected chi connectivity index (χ2v) is 7.60. The molecule has 186 valence electrons. The lowest BCUT2D eigenvalue weighted by Gasteiger charge is -2.14. The lowest BCUT2D eigenvalue weighted by atomic mass is 10.1. The summed E-state index contributed by atoms with van der Waals surface area (Å²) in [5.41, 5.74) is 2.42. The van der Waals surface area contributed by atoms with Gasteiger partial charge in [0.15, 0.2) is 34.5 Å². The van der Waals surface area contributed by atoms with Crippen molar-refractivity contribution in [3.8, 4) is 46.1 Å². The van der Waals surface area contributed by atoms with Gasteiger partial charge in [-0.15, -0.1) is 0 Å². The van der Waals surface area contributed by atoms with Crippen LogP contribution in [0.3, 0.4) is 0 Å². The quantitative estimate of drug-likeness (QED) is 0.364. The summed E-state index contributed by atoms with van der Waals surface area (Å²) in [6, 6.07) is 10.8. The predicted octanol–water partition coefficient (Wildman–Crippen LogP) is 3.43. The van der Waals surface area contributed by atoms with Crippen LogP contribution < -0.4 is 29.0 Å². The zero-order chi connectivity index (χ0) is 25.8. The molecule has 0 aliphatic rings. The molecule has 0 radical (unpaired) electrons. The van der Waals surface area contributed by atoms with E-state index in [4.69, 9.17) is 23.7 Å². The zero-order valence-corrected chi connectivity index (χ0v) is 20.5. The molecule has 11 heteroatoms. The summed E-state index contributed by atoms with van der Waals surface area (Å²) >= 11 is 0. The number of carbonyl (C=O) groups excluding carboxylic acids is 1. The summed E-state index contributed by atoms with van der Waals surface area (Å²) in [6.07, 6.45) is 1.58. The highest BCUT2D eigenvalue weighted by Gasteiger charge is 2.23. The predicted molar refractivity (Wildman–Crippen MR) is 131 cm³/mol. The van der Waals surface area contributed by atoms with Gasteiger partial charge >= 0.3 is 0 Å². The van der Waals surface area contributed by atoms with Gasteiger partial charge in [-0.05, 0) is 29.8 Å². The van der Waals surface area contributed by atoms with E-state index >= 15 is 0 Å². The average Bonchev–Trinajstić information content (AvgIpc) is 3.47. The van der Waals surface area contributed by atoms with Gasteiger partial charge in [-0.25, -0.2) is 9.50 Å². The molecule has 36 heavy (non-hydrogen) atoms. The number of ether oxygens (including phenoxy) is 5. The van der Waals surface area contributed by atoms with Crippen molar-refractivity contribution < 1.29 is 28.5 Å². The molecule has 0 atom stereocenters. The number of rotatable bonds is 9. The molecule has 0 spiro atoms. The molecule has 4 rings (SSSR count). The van der Waals surface area contributed by atoms with Crippen LogP contribution >= 0.6 is 0 Å². The van der Waals surface area contributed by atoms with E-state index in [2.05, 4.69) is 21.5 Å². The molecule has 2 N–H and O–H groups in total. The highest BCUT2D eigenvalue weighted by atomic mass is 16.5. The van der Waals surface area contributed by atoms with Crippen LogP contribution in [-0.4, -0.2) is 56.1 Å². The number of fused-ring (bicyclic) bond motifs is 1. The Balaban J connectivity index is 1.76. The van der Waals surface area contributed by atoms with Crippen LogP contribution in [0.2, 0.25) is 0 Å².